The smallest absolute Gasteiger partial charge is 0.251 e. The molecule has 0 aliphatic heterocycles. The number of benzene rings is 1. The molecule has 1 aromatic carbocycles. The van der Waals surface area contributed by atoms with Crippen molar-refractivity contribution in [3.8, 4) is 0 Å². The number of rotatable bonds is 4. The van der Waals surface area contributed by atoms with Gasteiger partial charge in [-0.05, 0) is 24.6 Å². The predicted octanol–water partition coefficient (Wildman–Crippen LogP) is 2.40. The van der Waals surface area contributed by atoms with Crippen molar-refractivity contribution in [1.82, 2.24) is 5.32 Å². The maximum Gasteiger partial charge on any atom is 0.251 e. The molecule has 0 radical (unpaired) electrons. The van der Waals surface area contributed by atoms with Crippen LogP contribution in [-0.4, -0.2) is 24.2 Å². The number of hydrogen-bond acceptors (Lipinski definition) is 2. The van der Waals surface area contributed by atoms with Gasteiger partial charge in [-0.25, -0.2) is 0 Å². The summed E-state index contributed by atoms with van der Waals surface area (Å²) in [6.07, 6.45) is 0. The van der Waals surface area contributed by atoms with E-state index in [1.165, 1.54) is 0 Å². The molecule has 1 rings (SSSR count). The lowest BCUT2D eigenvalue weighted by Gasteiger charge is -2.22. The molecular weight excluding hydrogens is 238 g/mol. The molecule has 4 heteroatoms. The fraction of sp³-hybridized carbons (Fsp3) is 0.462. The van der Waals surface area contributed by atoms with Gasteiger partial charge in [0, 0.05) is 29.2 Å². The van der Waals surface area contributed by atoms with Gasteiger partial charge in [0.1, 0.15) is 0 Å². The van der Waals surface area contributed by atoms with Gasteiger partial charge in [-0.15, -0.1) is 0 Å². The van der Waals surface area contributed by atoms with E-state index in [2.05, 4.69) is 5.32 Å². The molecule has 94 valence electrons. The Balaban J connectivity index is 2.74. The van der Waals surface area contributed by atoms with Gasteiger partial charge in [0.15, 0.2) is 0 Å². The van der Waals surface area contributed by atoms with Crippen LogP contribution in [0.1, 0.15) is 29.8 Å². The van der Waals surface area contributed by atoms with Crippen LogP contribution in [-0.2, 0) is 0 Å². The SMILES string of the molecule is Cc1c(Cl)cccc1C(=O)NCC(C)(C)CO. The third-order valence-electron chi connectivity index (χ3n) is 2.67. The molecule has 0 aliphatic rings. The third kappa shape index (κ3) is 3.72. The highest BCUT2D eigenvalue weighted by Crippen LogP contribution is 2.19. The standard InChI is InChI=1S/C13H18ClNO2/c1-9-10(5-4-6-11(9)14)12(17)15-7-13(2,3)8-16/h4-6,16H,7-8H2,1-3H3,(H,15,17). The van der Waals surface area contributed by atoms with E-state index in [1.807, 2.05) is 20.8 Å². The Kier molecular flexibility index (Phi) is 4.54. The monoisotopic (exact) mass is 255 g/mol. The van der Waals surface area contributed by atoms with Crippen molar-refractivity contribution in [2.45, 2.75) is 20.8 Å². The molecular formula is C13H18ClNO2. The first-order valence-electron chi connectivity index (χ1n) is 5.51. The second-order valence-electron chi connectivity index (χ2n) is 4.92. The minimum Gasteiger partial charge on any atom is -0.396 e. The average Bonchev–Trinajstić information content (AvgIpc) is 2.30. The molecule has 0 saturated heterocycles. The summed E-state index contributed by atoms with van der Waals surface area (Å²) in [6.45, 7) is 6.04. The fourth-order valence-corrected chi connectivity index (χ4v) is 1.50. The summed E-state index contributed by atoms with van der Waals surface area (Å²) in [5.41, 5.74) is 1.03. The van der Waals surface area contributed by atoms with Crippen LogP contribution in [0.25, 0.3) is 0 Å². The van der Waals surface area contributed by atoms with Crippen LogP contribution in [0.3, 0.4) is 0 Å². The predicted molar refractivity (Wildman–Crippen MR) is 69.4 cm³/mol. The van der Waals surface area contributed by atoms with Crippen molar-refractivity contribution < 1.29 is 9.90 Å². The number of nitrogens with one attached hydrogen (secondary N) is 1. The molecule has 1 amide bonds. The van der Waals surface area contributed by atoms with E-state index in [9.17, 15) is 4.79 Å². The van der Waals surface area contributed by atoms with Crippen LogP contribution in [0.2, 0.25) is 5.02 Å². The Bertz CT molecular complexity index is 416. The van der Waals surface area contributed by atoms with Crippen LogP contribution in [0.4, 0.5) is 0 Å². The summed E-state index contributed by atoms with van der Waals surface area (Å²) in [5, 5.41) is 12.5. The van der Waals surface area contributed by atoms with Gasteiger partial charge in [-0.2, -0.15) is 0 Å². The highest BCUT2D eigenvalue weighted by atomic mass is 35.5. The van der Waals surface area contributed by atoms with Crippen molar-refractivity contribution in [3.63, 3.8) is 0 Å². The fourth-order valence-electron chi connectivity index (χ4n) is 1.32. The van der Waals surface area contributed by atoms with Gasteiger partial charge >= 0.3 is 0 Å². The summed E-state index contributed by atoms with van der Waals surface area (Å²) in [7, 11) is 0. The first kappa shape index (κ1) is 14.0. The zero-order valence-corrected chi connectivity index (χ0v) is 11.1. The van der Waals surface area contributed by atoms with Crippen LogP contribution in [0.15, 0.2) is 18.2 Å². The van der Waals surface area contributed by atoms with Crippen molar-refractivity contribution in [2.75, 3.05) is 13.2 Å². The van der Waals surface area contributed by atoms with E-state index in [1.54, 1.807) is 18.2 Å². The third-order valence-corrected chi connectivity index (χ3v) is 3.08. The van der Waals surface area contributed by atoms with Crippen LogP contribution in [0.5, 0.6) is 0 Å². The van der Waals surface area contributed by atoms with E-state index in [0.717, 1.165) is 5.56 Å². The number of carbonyl (C=O) groups excluding carboxylic acids is 1. The van der Waals surface area contributed by atoms with Gasteiger partial charge < -0.3 is 10.4 Å². The quantitative estimate of drug-likeness (QED) is 0.868. The molecule has 0 aliphatic carbocycles. The maximum atomic E-state index is 11.9. The van der Waals surface area contributed by atoms with E-state index >= 15 is 0 Å². The van der Waals surface area contributed by atoms with Crippen LogP contribution >= 0.6 is 11.6 Å². The number of aliphatic hydroxyl groups is 1. The molecule has 0 heterocycles. The first-order chi connectivity index (χ1) is 7.87. The minimum absolute atomic E-state index is 0.0296. The lowest BCUT2D eigenvalue weighted by atomic mass is 9.95. The second kappa shape index (κ2) is 5.52. The van der Waals surface area contributed by atoms with Gasteiger partial charge in [0.2, 0.25) is 0 Å². The molecule has 2 N–H and O–H groups in total. The Morgan fingerprint density at radius 2 is 2.12 bits per heavy atom. The zero-order valence-electron chi connectivity index (χ0n) is 10.4. The molecule has 0 aromatic heterocycles. The highest BCUT2D eigenvalue weighted by Gasteiger charge is 2.18. The molecule has 0 saturated carbocycles. The molecule has 0 fully saturated rings. The Morgan fingerprint density at radius 1 is 1.47 bits per heavy atom. The molecule has 0 spiro atoms. The normalized spacial score (nSPS) is 11.4. The lowest BCUT2D eigenvalue weighted by Crippen LogP contribution is -2.36. The summed E-state index contributed by atoms with van der Waals surface area (Å²) in [5.74, 6) is -0.161. The number of aliphatic hydroxyl groups excluding tert-OH is 1. The van der Waals surface area contributed by atoms with Crippen molar-refractivity contribution >= 4 is 17.5 Å². The number of carbonyl (C=O) groups is 1. The topological polar surface area (TPSA) is 49.3 Å². The minimum atomic E-state index is -0.317. The van der Waals surface area contributed by atoms with E-state index in [-0.39, 0.29) is 17.9 Å². The van der Waals surface area contributed by atoms with Crippen LogP contribution < -0.4 is 5.32 Å². The average molecular weight is 256 g/mol. The van der Waals surface area contributed by atoms with Crippen LogP contribution in [0, 0.1) is 12.3 Å². The number of hydrogen-bond donors (Lipinski definition) is 2. The van der Waals surface area contributed by atoms with Crippen molar-refractivity contribution in [1.29, 1.82) is 0 Å². The van der Waals surface area contributed by atoms with Gasteiger partial charge in [0.05, 0.1) is 0 Å². The highest BCUT2D eigenvalue weighted by molar-refractivity contribution is 6.31. The lowest BCUT2D eigenvalue weighted by molar-refractivity contribution is 0.0910. The van der Waals surface area contributed by atoms with Crippen molar-refractivity contribution in [3.05, 3.63) is 34.3 Å². The zero-order chi connectivity index (χ0) is 13.1. The number of amides is 1. The van der Waals surface area contributed by atoms with E-state index in [4.69, 9.17) is 16.7 Å². The molecule has 3 nitrogen and oxygen atoms in total. The van der Waals surface area contributed by atoms with E-state index in [0.29, 0.717) is 17.1 Å². The van der Waals surface area contributed by atoms with E-state index < -0.39 is 0 Å². The van der Waals surface area contributed by atoms with Gasteiger partial charge in [-0.1, -0.05) is 31.5 Å². The molecule has 0 bridgehead atoms. The molecule has 0 unspecified atom stereocenters. The molecule has 0 atom stereocenters. The maximum absolute atomic E-state index is 11.9. The first-order valence-corrected chi connectivity index (χ1v) is 5.89. The Labute approximate surface area is 107 Å². The largest absolute Gasteiger partial charge is 0.396 e. The van der Waals surface area contributed by atoms with Crippen molar-refractivity contribution in [2.24, 2.45) is 5.41 Å². The second-order valence-corrected chi connectivity index (χ2v) is 5.32. The van der Waals surface area contributed by atoms with Gasteiger partial charge in [0.25, 0.3) is 5.91 Å². The Hall–Kier alpha value is -1.06. The Morgan fingerprint density at radius 3 is 2.71 bits per heavy atom. The summed E-state index contributed by atoms with van der Waals surface area (Å²) < 4.78 is 0. The van der Waals surface area contributed by atoms with Gasteiger partial charge in [-0.3, -0.25) is 4.79 Å². The molecule has 17 heavy (non-hydrogen) atoms. The number of halogens is 1. The molecule has 1 aromatic rings. The summed E-state index contributed by atoms with van der Waals surface area (Å²) in [6, 6.07) is 5.25. The summed E-state index contributed by atoms with van der Waals surface area (Å²) in [4.78, 5) is 11.9. The summed E-state index contributed by atoms with van der Waals surface area (Å²) >= 11 is 5.96.